The first-order valence-electron chi connectivity index (χ1n) is 7.34. The molecular formula is C19H11BrN2O. The number of fused-ring (bicyclic) bond motifs is 4. The highest BCUT2D eigenvalue weighted by Crippen LogP contribution is 2.35. The Morgan fingerprint density at radius 3 is 2.78 bits per heavy atom. The summed E-state index contributed by atoms with van der Waals surface area (Å²) in [6, 6.07) is 20.4. The van der Waals surface area contributed by atoms with Crippen molar-refractivity contribution >= 4 is 48.9 Å². The van der Waals surface area contributed by atoms with Crippen molar-refractivity contribution in [2.45, 2.75) is 0 Å². The molecule has 0 fully saturated rings. The Bertz CT molecular complexity index is 1190. The second-order valence-corrected chi connectivity index (χ2v) is 6.35. The predicted octanol–water partition coefficient (Wildman–Crippen LogP) is 5.69. The van der Waals surface area contributed by atoms with Gasteiger partial charge in [0.25, 0.3) is 0 Å². The molecule has 2 heterocycles. The van der Waals surface area contributed by atoms with Crippen LogP contribution in [0.2, 0.25) is 0 Å². The molecule has 0 aliphatic rings. The third-order valence-corrected chi connectivity index (χ3v) is 4.82. The molecule has 0 unspecified atom stereocenters. The summed E-state index contributed by atoms with van der Waals surface area (Å²) < 4.78 is 9.08. The van der Waals surface area contributed by atoms with Crippen molar-refractivity contribution < 1.29 is 4.42 Å². The van der Waals surface area contributed by atoms with E-state index in [1.165, 1.54) is 0 Å². The SMILES string of the molecule is Brc1cccc2oc3ccc(-n4cnc5ccccc54)cc3c12. The van der Waals surface area contributed by atoms with Crippen LogP contribution >= 0.6 is 15.9 Å². The average Bonchev–Trinajstić information content (AvgIpc) is 3.16. The van der Waals surface area contributed by atoms with Gasteiger partial charge in [-0.3, -0.25) is 4.57 Å². The predicted molar refractivity (Wildman–Crippen MR) is 96.0 cm³/mol. The lowest BCUT2D eigenvalue weighted by atomic mass is 10.1. The Morgan fingerprint density at radius 2 is 1.83 bits per heavy atom. The van der Waals surface area contributed by atoms with Crippen LogP contribution in [0.4, 0.5) is 0 Å². The van der Waals surface area contributed by atoms with Crippen LogP contribution in [0.1, 0.15) is 0 Å². The van der Waals surface area contributed by atoms with Gasteiger partial charge in [-0.05, 0) is 42.5 Å². The van der Waals surface area contributed by atoms with E-state index in [9.17, 15) is 0 Å². The number of hydrogen-bond donors (Lipinski definition) is 0. The Kier molecular flexibility index (Phi) is 2.64. The van der Waals surface area contributed by atoms with Gasteiger partial charge >= 0.3 is 0 Å². The van der Waals surface area contributed by atoms with E-state index in [1.54, 1.807) is 0 Å². The first-order valence-corrected chi connectivity index (χ1v) is 8.14. The molecule has 0 saturated carbocycles. The van der Waals surface area contributed by atoms with Crippen LogP contribution in [0.3, 0.4) is 0 Å². The minimum absolute atomic E-state index is 0.889. The van der Waals surface area contributed by atoms with E-state index in [2.05, 4.69) is 43.7 Å². The largest absolute Gasteiger partial charge is 0.456 e. The van der Waals surface area contributed by atoms with Crippen LogP contribution in [0, 0.1) is 0 Å². The van der Waals surface area contributed by atoms with Gasteiger partial charge < -0.3 is 4.42 Å². The summed E-state index contributed by atoms with van der Waals surface area (Å²) >= 11 is 3.63. The van der Waals surface area contributed by atoms with Crippen LogP contribution in [-0.2, 0) is 0 Å². The van der Waals surface area contributed by atoms with Crippen molar-refractivity contribution in [1.82, 2.24) is 9.55 Å². The number of halogens is 1. The minimum atomic E-state index is 0.889. The summed E-state index contributed by atoms with van der Waals surface area (Å²) in [5.74, 6) is 0. The maximum atomic E-state index is 5.94. The number of para-hydroxylation sites is 2. The van der Waals surface area contributed by atoms with E-state index in [-0.39, 0.29) is 0 Å². The van der Waals surface area contributed by atoms with E-state index in [0.29, 0.717) is 0 Å². The number of benzene rings is 3. The van der Waals surface area contributed by atoms with Gasteiger partial charge in [0.1, 0.15) is 17.5 Å². The van der Waals surface area contributed by atoms with E-state index in [4.69, 9.17) is 4.42 Å². The zero-order valence-electron chi connectivity index (χ0n) is 12.0. The quantitative estimate of drug-likeness (QED) is 0.383. The van der Waals surface area contributed by atoms with Crippen LogP contribution in [-0.4, -0.2) is 9.55 Å². The topological polar surface area (TPSA) is 31.0 Å². The molecule has 5 rings (SSSR count). The van der Waals surface area contributed by atoms with Gasteiger partial charge in [0, 0.05) is 20.9 Å². The lowest BCUT2D eigenvalue weighted by Gasteiger charge is -2.04. The molecule has 0 amide bonds. The van der Waals surface area contributed by atoms with Crippen LogP contribution < -0.4 is 0 Å². The highest BCUT2D eigenvalue weighted by Gasteiger charge is 2.11. The second kappa shape index (κ2) is 4.70. The smallest absolute Gasteiger partial charge is 0.136 e. The molecule has 0 radical (unpaired) electrons. The average molecular weight is 363 g/mol. The lowest BCUT2D eigenvalue weighted by molar-refractivity contribution is 0.669. The summed E-state index contributed by atoms with van der Waals surface area (Å²) in [5.41, 5.74) is 4.94. The van der Waals surface area contributed by atoms with Gasteiger partial charge in [0.15, 0.2) is 0 Å². The summed E-state index contributed by atoms with van der Waals surface area (Å²) in [6.45, 7) is 0. The molecule has 2 aromatic heterocycles. The van der Waals surface area contributed by atoms with Crippen LogP contribution in [0.5, 0.6) is 0 Å². The monoisotopic (exact) mass is 362 g/mol. The molecule has 0 atom stereocenters. The number of furan rings is 1. The lowest BCUT2D eigenvalue weighted by Crippen LogP contribution is -1.91. The molecule has 0 saturated heterocycles. The standard InChI is InChI=1S/C19H11BrN2O/c20-14-4-3-7-18-19(14)13-10-12(8-9-17(13)23-18)22-11-21-15-5-1-2-6-16(15)22/h1-11H. The Labute approximate surface area is 140 Å². The summed E-state index contributed by atoms with van der Waals surface area (Å²) in [6.07, 6.45) is 1.86. The highest BCUT2D eigenvalue weighted by molar-refractivity contribution is 9.10. The molecule has 0 N–H and O–H groups in total. The van der Waals surface area contributed by atoms with Crippen molar-refractivity contribution in [3.8, 4) is 5.69 Å². The van der Waals surface area contributed by atoms with Gasteiger partial charge in [0.2, 0.25) is 0 Å². The Balaban J connectivity index is 1.84. The molecule has 0 aliphatic heterocycles. The van der Waals surface area contributed by atoms with Crippen molar-refractivity contribution in [2.24, 2.45) is 0 Å². The van der Waals surface area contributed by atoms with E-state index >= 15 is 0 Å². The van der Waals surface area contributed by atoms with Gasteiger partial charge in [-0.1, -0.05) is 34.1 Å². The maximum Gasteiger partial charge on any atom is 0.136 e. The number of rotatable bonds is 1. The molecule has 4 heteroatoms. The third kappa shape index (κ3) is 1.85. The third-order valence-electron chi connectivity index (χ3n) is 4.16. The molecular weight excluding hydrogens is 352 g/mol. The number of hydrogen-bond acceptors (Lipinski definition) is 2. The first kappa shape index (κ1) is 12.9. The zero-order valence-corrected chi connectivity index (χ0v) is 13.6. The van der Waals surface area contributed by atoms with Gasteiger partial charge in [-0.2, -0.15) is 0 Å². The van der Waals surface area contributed by atoms with Crippen molar-refractivity contribution in [3.63, 3.8) is 0 Å². The van der Waals surface area contributed by atoms with E-state index in [0.717, 1.165) is 43.1 Å². The molecule has 5 aromatic rings. The number of imidazole rings is 1. The first-order chi connectivity index (χ1) is 11.3. The fourth-order valence-corrected chi connectivity index (χ4v) is 3.65. The summed E-state index contributed by atoms with van der Waals surface area (Å²) in [5, 5.41) is 2.21. The Hall–Kier alpha value is -2.59. The van der Waals surface area contributed by atoms with Crippen LogP contribution in [0.15, 0.2) is 75.9 Å². The maximum absolute atomic E-state index is 5.94. The molecule has 0 aliphatic carbocycles. The fraction of sp³-hybridized carbons (Fsp3) is 0. The van der Waals surface area contributed by atoms with Gasteiger partial charge in [-0.15, -0.1) is 0 Å². The number of aromatic nitrogens is 2. The van der Waals surface area contributed by atoms with Crippen LogP contribution in [0.25, 0.3) is 38.7 Å². The normalized spacial score (nSPS) is 11.7. The molecule has 0 bridgehead atoms. The van der Waals surface area contributed by atoms with Crippen molar-refractivity contribution in [3.05, 3.63) is 71.5 Å². The van der Waals surface area contributed by atoms with Gasteiger partial charge in [0.05, 0.1) is 11.0 Å². The minimum Gasteiger partial charge on any atom is -0.456 e. The molecule has 0 spiro atoms. The second-order valence-electron chi connectivity index (χ2n) is 5.50. The Morgan fingerprint density at radius 1 is 0.913 bits per heavy atom. The summed E-state index contributed by atoms with van der Waals surface area (Å²) in [7, 11) is 0. The zero-order chi connectivity index (χ0) is 15.4. The molecule has 3 nitrogen and oxygen atoms in total. The van der Waals surface area contributed by atoms with E-state index < -0.39 is 0 Å². The van der Waals surface area contributed by atoms with E-state index in [1.807, 2.05) is 48.8 Å². The fourth-order valence-electron chi connectivity index (χ4n) is 3.09. The number of nitrogens with zero attached hydrogens (tertiary/aromatic N) is 2. The van der Waals surface area contributed by atoms with Gasteiger partial charge in [-0.25, -0.2) is 4.98 Å². The van der Waals surface area contributed by atoms with Crippen molar-refractivity contribution in [1.29, 1.82) is 0 Å². The summed E-state index contributed by atoms with van der Waals surface area (Å²) in [4.78, 5) is 4.47. The highest BCUT2D eigenvalue weighted by atomic mass is 79.9. The van der Waals surface area contributed by atoms with Crippen molar-refractivity contribution in [2.75, 3.05) is 0 Å². The molecule has 23 heavy (non-hydrogen) atoms. The molecule has 3 aromatic carbocycles. The molecule has 110 valence electrons.